The van der Waals surface area contributed by atoms with Crippen LogP contribution >= 0.6 is 23.2 Å². The molecule has 0 aromatic heterocycles. The first-order chi connectivity index (χ1) is 14.1. The Morgan fingerprint density at radius 2 is 1.67 bits per heavy atom. The van der Waals surface area contributed by atoms with Crippen LogP contribution in [0.3, 0.4) is 0 Å². The van der Waals surface area contributed by atoms with E-state index in [1.54, 1.807) is 0 Å². The van der Waals surface area contributed by atoms with E-state index in [0.717, 1.165) is 19.3 Å². The first kappa shape index (κ1) is 22.1. The normalized spacial score (nSPS) is 30.8. The molecule has 4 aliphatic carbocycles. The number of sulfonamides is 1. The van der Waals surface area contributed by atoms with Gasteiger partial charge in [0.25, 0.3) is 0 Å². The average Bonchev–Trinajstić information content (AvgIpc) is 2.66. The van der Waals surface area contributed by atoms with Gasteiger partial charge in [0.05, 0.1) is 14.9 Å². The number of hydrogen-bond acceptors (Lipinski definition) is 5. The van der Waals surface area contributed by atoms with Crippen LogP contribution in [0.4, 0.5) is 0 Å². The van der Waals surface area contributed by atoms with E-state index in [1.807, 2.05) is 0 Å². The molecule has 0 radical (unpaired) electrons. The molecule has 4 aliphatic rings. The van der Waals surface area contributed by atoms with Gasteiger partial charge in [-0.25, -0.2) is 8.42 Å². The molecule has 164 valence electrons. The average molecular weight is 474 g/mol. The van der Waals surface area contributed by atoms with Crippen LogP contribution in [0.5, 0.6) is 0 Å². The quantitative estimate of drug-likeness (QED) is 0.604. The van der Waals surface area contributed by atoms with E-state index < -0.39 is 22.0 Å². The van der Waals surface area contributed by atoms with Crippen molar-refractivity contribution in [3.63, 3.8) is 0 Å². The van der Waals surface area contributed by atoms with Crippen molar-refractivity contribution in [3.05, 3.63) is 28.2 Å². The summed E-state index contributed by atoms with van der Waals surface area (Å²) in [6, 6.07) is 2.73. The first-order valence-corrected chi connectivity index (χ1v) is 12.5. The first-order valence-electron chi connectivity index (χ1n) is 10.3. The smallest absolute Gasteiger partial charge is 0.324 e. The van der Waals surface area contributed by atoms with E-state index in [-0.39, 0.29) is 32.7 Å². The number of carbonyl (C=O) groups excluding carboxylic acids is 2. The van der Waals surface area contributed by atoms with Gasteiger partial charge >= 0.3 is 5.97 Å². The lowest BCUT2D eigenvalue weighted by molar-refractivity contribution is -0.158. The van der Waals surface area contributed by atoms with Crippen LogP contribution in [0.2, 0.25) is 10.0 Å². The highest BCUT2D eigenvalue weighted by Gasteiger charge is 2.54. The van der Waals surface area contributed by atoms with E-state index in [9.17, 15) is 18.0 Å². The third kappa shape index (κ3) is 4.27. The van der Waals surface area contributed by atoms with Gasteiger partial charge in [-0.1, -0.05) is 23.2 Å². The van der Waals surface area contributed by atoms with E-state index in [0.29, 0.717) is 17.8 Å². The topological polar surface area (TPSA) is 89.5 Å². The van der Waals surface area contributed by atoms with E-state index in [1.165, 1.54) is 44.4 Å². The van der Waals surface area contributed by atoms with Gasteiger partial charge < -0.3 is 4.74 Å². The predicted octanol–water partition coefficient (Wildman–Crippen LogP) is 3.99. The Morgan fingerprint density at radius 3 is 2.20 bits per heavy atom. The van der Waals surface area contributed by atoms with Crippen LogP contribution in [-0.2, 0) is 24.3 Å². The number of benzene rings is 1. The van der Waals surface area contributed by atoms with E-state index in [2.05, 4.69) is 4.72 Å². The summed E-state index contributed by atoms with van der Waals surface area (Å²) in [5.74, 6) is 1.06. The second-order valence-electron chi connectivity index (χ2n) is 9.15. The molecule has 4 fully saturated rings. The summed E-state index contributed by atoms with van der Waals surface area (Å²) in [5.41, 5.74) is -0.349. The van der Waals surface area contributed by atoms with Crippen molar-refractivity contribution in [1.29, 1.82) is 0 Å². The molecule has 30 heavy (non-hydrogen) atoms. The summed E-state index contributed by atoms with van der Waals surface area (Å²) < 4.78 is 32.5. The number of esters is 1. The van der Waals surface area contributed by atoms with Gasteiger partial charge in [0, 0.05) is 5.41 Å². The Bertz CT molecular complexity index is 942. The minimum absolute atomic E-state index is 0.0190. The maximum absolute atomic E-state index is 13.0. The monoisotopic (exact) mass is 473 g/mol. The molecule has 4 bridgehead atoms. The fraction of sp³-hybridized carbons (Fsp3) is 0.619. The van der Waals surface area contributed by atoms with Gasteiger partial charge in [-0.3, -0.25) is 9.59 Å². The SMILES string of the molecule is C[C@H](NS(=O)(=O)c1ccc(Cl)c(Cl)c1)C(=O)OCC(=O)C12CC3CC(CC(C3)C1)C2. The Balaban J connectivity index is 1.35. The number of ketones is 1. The molecular formula is C21H25Cl2NO5S. The van der Waals surface area contributed by atoms with Crippen molar-refractivity contribution in [1.82, 2.24) is 4.72 Å². The van der Waals surface area contributed by atoms with Crippen LogP contribution in [0.25, 0.3) is 0 Å². The molecule has 5 rings (SSSR count). The zero-order chi connectivity index (χ0) is 21.7. The van der Waals surface area contributed by atoms with Crippen molar-refractivity contribution < 1.29 is 22.7 Å². The second-order valence-corrected chi connectivity index (χ2v) is 11.7. The maximum atomic E-state index is 13.0. The minimum Gasteiger partial charge on any atom is -0.456 e. The molecule has 0 amide bonds. The van der Waals surface area contributed by atoms with Crippen molar-refractivity contribution >= 4 is 45.0 Å². The fourth-order valence-corrected chi connectivity index (χ4v) is 7.44. The van der Waals surface area contributed by atoms with Gasteiger partial charge in [-0.15, -0.1) is 0 Å². The predicted molar refractivity (Wildman–Crippen MR) is 113 cm³/mol. The summed E-state index contributed by atoms with van der Waals surface area (Å²) >= 11 is 11.7. The molecule has 4 saturated carbocycles. The Kier molecular flexibility index (Phi) is 5.94. The molecule has 1 atom stereocenters. The molecule has 0 spiro atoms. The Hall–Kier alpha value is -1.15. The largest absolute Gasteiger partial charge is 0.456 e. The van der Waals surface area contributed by atoms with Crippen LogP contribution in [0.15, 0.2) is 23.1 Å². The molecule has 9 heteroatoms. The summed E-state index contributed by atoms with van der Waals surface area (Å²) in [4.78, 5) is 25.2. The van der Waals surface area contributed by atoms with Crippen LogP contribution in [0.1, 0.15) is 45.4 Å². The number of nitrogens with one attached hydrogen (secondary N) is 1. The van der Waals surface area contributed by atoms with E-state index in [4.69, 9.17) is 27.9 Å². The lowest BCUT2D eigenvalue weighted by Crippen LogP contribution is -2.51. The molecule has 0 saturated heterocycles. The van der Waals surface area contributed by atoms with Crippen LogP contribution in [0, 0.1) is 23.2 Å². The van der Waals surface area contributed by atoms with E-state index >= 15 is 0 Å². The van der Waals surface area contributed by atoms with Gasteiger partial charge in [-0.05, 0) is 81.4 Å². The third-order valence-corrected chi connectivity index (χ3v) is 9.14. The molecule has 1 aromatic carbocycles. The third-order valence-electron chi connectivity index (χ3n) is 6.86. The molecule has 0 aliphatic heterocycles. The van der Waals surface area contributed by atoms with Gasteiger partial charge in [0.2, 0.25) is 10.0 Å². The fourth-order valence-electron chi connectivity index (χ4n) is 5.86. The number of hydrogen-bond donors (Lipinski definition) is 1. The van der Waals surface area contributed by atoms with Crippen molar-refractivity contribution in [3.8, 4) is 0 Å². The van der Waals surface area contributed by atoms with Gasteiger partial charge in [0.1, 0.15) is 6.04 Å². The number of carbonyl (C=O) groups is 2. The second kappa shape index (κ2) is 8.08. The number of halogens is 2. The zero-order valence-corrected chi connectivity index (χ0v) is 19.0. The molecular weight excluding hydrogens is 449 g/mol. The highest BCUT2D eigenvalue weighted by atomic mass is 35.5. The van der Waals surface area contributed by atoms with Crippen molar-refractivity contribution in [2.45, 2.75) is 56.4 Å². The summed E-state index contributed by atoms with van der Waals surface area (Å²) in [7, 11) is -4.00. The van der Waals surface area contributed by atoms with Crippen LogP contribution in [-0.4, -0.2) is 32.8 Å². The summed E-state index contributed by atoms with van der Waals surface area (Å²) in [6.07, 6.45) is 6.36. The maximum Gasteiger partial charge on any atom is 0.324 e. The summed E-state index contributed by atoms with van der Waals surface area (Å²) in [5, 5.41) is 0.321. The number of rotatable bonds is 7. The number of Topliss-reactive ketones (excluding diaryl/α,β-unsaturated/α-hetero) is 1. The molecule has 0 heterocycles. The zero-order valence-electron chi connectivity index (χ0n) is 16.7. The van der Waals surface area contributed by atoms with Crippen molar-refractivity contribution in [2.24, 2.45) is 23.2 Å². The highest BCUT2D eigenvalue weighted by Crippen LogP contribution is 2.60. The lowest BCUT2D eigenvalue weighted by Gasteiger charge is -2.55. The molecule has 0 unspecified atom stereocenters. The summed E-state index contributed by atoms with van der Waals surface area (Å²) in [6.45, 7) is 1.08. The molecule has 1 N–H and O–H groups in total. The standard InChI is InChI=1S/C21H25Cl2NO5S/c1-12(24-30(27,28)16-2-3-17(22)18(23)7-16)20(26)29-11-19(25)21-8-13-4-14(9-21)6-15(5-13)10-21/h2-3,7,12-15,24H,4-6,8-11H2,1H3/t12-,13?,14?,15?,21?/m0/s1. The molecule has 6 nitrogen and oxygen atoms in total. The van der Waals surface area contributed by atoms with Gasteiger partial charge in [-0.2, -0.15) is 4.72 Å². The lowest BCUT2D eigenvalue weighted by atomic mass is 9.48. The number of ether oxygens (including phenoxy) is 1. The van der Waals surface area contributed by atoms with Crippen molar-refractivity contribution in [2.75, 3.05) is 6.61 Å². The van der Waals surface area contributed by atoms with Crippen LogP contribution < -0.4 is 4.72 Å². The molecule has 1 aromatic rings. The highest BCUT2D eigenvalue weighted by molar-refractivity contribution is 7.89. The Labute approximate surface area is 186 Å². The minimum atomic E-state index is -4.00. The van der Waals surface area contributed by atoms with Gasteiger partial charge in [0.15, 0.2) is 12.4 Å². The Morgan fingerprint density at radius 1 is 1.10 bits per heavy atom.